The summed E-state index contributed by atoms with van der Waals surface area (Å²) in [5.41, 5.74) is 0. The quantitative estimate of drug-likeness (QED) is 0.596. The molecule has 0 heterocycles. The molecule has 0 saturated heterocycles. The standard InChI is InChI=1S/C9H18OS/c1-5-9(6-2,7-10)11-8(3)4/h7-8H,5-6H2,1-4H3. The molecule has 0 N–H and O–H groups in total. The first-order chi connectivity index (χ1) is 5.10. The van der Waals surface area contributed by atoms with E-state index in [1.54, 1.807) is 11.8 Å². The van der Waals surface area contributed by atoms with E-state index in [2.05, 4.69) is 27.7 Å². The molecule has 0 bridgehead atoms. The molecule has 0 unspecified atom stereocenters. The number of carbonyl (C=O) groups excluding carboxylic acids is 1. The molecule has 0 saturated carbocycles. The Balaban J connectivity index is 4.16. The van der Waals surface area contributed by atoms with Crippen molar-refractivity contribution in [2.45, 2.75) is 50.5 Å². The highest BCUT2D eigenvalue weighted by molar-refractivity contribution is 8.01. The number of rotatable bonds is 5. The Labute approximate surface area is 73.9 Å². The lowest BCUT2D eigenvalue weighted by molar-refractivity contribution is -0.110. The van der Waals surface area contributed by atoms with E-state index in [1.165, 1.54) is 0 Å². The summed E-state index contributed by atoms with van der Waals surface area (Å²) in [5, 5.41) is 0.542. The molecule has 1 nitrogen and oxygen atoms in total. The van der Waals surface area contributed by atoms with Crippen LogP contribution in [0.2, 0.25) is 0 Å². The van der Waals surface area contributed by atoms with Crippen molar-refractivity contribution >= 4 is 18.0 Å². The minimum atomic E-state index is -0.117. The predicted molar refractivity (Wildman–Crippen MR) is 52.1 cm³/mol. The Kier molecular flexibility index (Phi) is 4.82. The smallest absolute Gasteiger partial charge is 0.136 e. The Morgan fingerprint density at radius 1 is 1.36 bits per heavy atom. The van der Waals surface area contributed by atoms with Crippen molar-refractivity contribution in [2.75, 3.05) is 0 Å². The van der Waals surface area contributed by atoms with Crippen molar-refractivity contribution in [3.63, 3.8) is 0 Å². The summed E-state index contributed by atoms with van der Waals surface area (Å²) in [5.74, 6) is 0. The molecule has 0 aliphatic heterocycles. The van der Waals surface area contributed by atoms with E-state index in [9.17, 15) is 4.79 Å². The van der Waals surface area contributed by atoms with Crippen LogP contribution in [-0.2, 0) is 4.79 Å². The lowest BCUT2D eigenvalue weighted by Crippen LogP contribution is -2.26. The summed E-state index contributed by atoms with van der Waals surface area (Å²) in [6.07, 6.45) is 2.99. The minimum Gasteiger partial charge on any atom is -0.302 e. The molecule has 0 aromatic heterocycles. The molecule has 0 amide bonds. The summed E-state index contributed by atoms with van der Waals surface area (Å²) < 4.78 is -0.117. The fraction of sp³-hybridized carbons (Fsp3) is 0.889. The number of carbonyl (C=O) groups is 1. The molecule has 0 aliphatic rings. The van der Waals surface area contributed by atoms with Gasteiger partial charge in [0, 0.05) is 5.25 Å². The topological polar surface area (TPSA) is 17.1 Å². The molecule has 0 radical (unpaired) electrons. The second kappa shape index (κ2) is 4.81. The van der Waals surface area contributed by atoms with Gasteiger partial charge in [-0.05, 0) is 12.8 Å². The van der Waals surface area contributed by atoms with E-state index >= 15 is 0 Å². The highest BCUT2D eigenvalue weighted by Crippen LogP contribution is 2.33. The van der Waals surface area contributed by atoms with Crippen molar-refractivity contribution in [1.29, 1.82) is 0 Å². The molecular weight excluding hydrogens is 156 g/mol. The second-order valence-electron chi connectivity index (χ2n) is 3.06. The van der Waals surface area contributed by atoms with Crippen LogP contribution in [-0.4, -0.2) is 16.3 Å². The Hall–Kier alpha value is 0.0200. The fourth-order valence-corrected chi connectivity index (χ4v) is 2.41. The summed E-state index contributed by atoms with van der Waals surface area (Å²) in [6.45, 7) is 8.42. The van der Waals surface area contributed by atoms with Crippen LogP contribution in [0.5, 0.6) is 0 Å². The van der Waals surface area contributed by atoms with Gasteiger partial charge in [0.25, 0.3) is 0 Å². The zero-order valence-electron chi connectivity index (χ0n) is 7.89. The molecule has 0 aromatic rings. The van der Waals surface area contributed by atoms with E-state index in [4.69, 9.17) is 0 Å². The first-order valence-corrected chi connectivity index (χ1v) is 5.12. The van der Waals surface area contributed by atoms with E-state index < -0.39 is 0 Å². The maximum Gasteiger partial charge on any atom is 0.136 e. The maximum absolute atomic E-state index is 10.8. The number of hydrogen-bond donors (Lipinski definition) is 0. The van der Waals surface area contributed by atoms with Crippen molar-refractivity contribution in [1.82, 2.24) is 0 Å². The largest absolute Gasteiger partial charge is 0.302 e. The minimum absolute atomic E-state index is 0.117. The number of thioether (sulfide) groups is 1. The van der Waals surface area contributed by atoms with E-state index in [0.29, 0.717) is 5.25 Å². The highest BCUT2D eigenvalue weighted by atomic mass is 32.2. The van der Waals surface area contributed by atoms with Crippen LogP contribution in [0.25, 0.3) is 0 Å². The average molecular weight is 174 g/mol. The van der Waals surface area contributed by atoms with Crippen LogP contribution in [0, 0.1) is 0 Å². The van der Waals surface area contributed by atoms with Crippen molar-refractivity contribution in [3.05, 3.63) is 0 Å². The molecule has 66 valence electrons. The molecule has 0 fully saturated rings. The fourth-order valence-electron chi connectivity index (χ4n) is 1.08. The predicted octanol–water partition coefficient (Wildman–Crippen LogP) is 2.89. The normalized spacial score (nSPS) is 12.1. The third-order valence-corrected chi connectivity index (χ3v) is 3.50. The van der Waals surface area contributed by atoms with Crippen LogP contribution < -0.4 is 0 Å². The summed E-state index contributed by atoms with van der Waals surface area (Å²) in [6, 6.07) is 0. The van der Waals surface area contributed by atoms with Gasteiger partial charge in [-0.2, -0.15) is 0 Å². The Bertz CT molecular complexity index is 117. The van der Waals surface area contributed by atoms with Crippen LogP contribution in [0.4, 0.5) is 0 Å². The van der Waals surface area contributed by atoms with Crippen molar-refractivity contribution in [3.8, 4) is 0 Å². The molecule has 0 aliphatic carbocycles. The molecule has 0 spiro atoms. The summed E-state index contributed by atoms with van der Waals surface area (Å²) >= 11 is 1.78. The average Bonchev–Trinajstić information content (AvgIpc) is 2.00. The van der Waals surface area contributed by atoms with Crippen molar-refractivity contribution in [2.24, 2.45) is 0 Å². The first kappa shape index (κ1) is 11.0. The number of aldehydes is 1. The molecule has 11 heavy (non-hydrogen) atoms. The van der Waals surface area contributed by atoms with Gasteiger partial charge in [0.1, 0.15) is 6.29 Å². The second-order valence-corrected chi connectivity index (χ2v) is 5.05. The molecule has 0 aromatic carbocycles. The maximum atomic E-state index is 10.8. The lowest BCUT2D eigenvalue weighted by Gasteiger charge is -2.26. The van der Waals surface area contributed by atoms with Gasteiger partial charge in [-0.1, -0.05) is 27.7 Å². The first-order valence-electron chi connectivity index (χ1n) is 4.24. The van der Waals surface area contributed by atoms with E-state index in [1.807, 2.05) is 0 Å². The van der Waals surface area contributed by atoms with Gasteiger partial charge >= 0.3 is 0 Å². The van der Waals surface area contributed by atoms with Gasteiger partial charge in [-0.3, -0.25) is 0 Å². The van der Waals surface area contributed by atoms with Gasteiger partial charge < -0.3 is 4.79 Å². The lowest BCUT2D eigenvalue weighted by atomic mass is 10.1. The van der Waals surface area contributed by atoms with Crippen LogP contribution in [0.1, 0.15) is 40.5 Å². The molecule has 2 heteroatoms. The highest BCUT2D eigenvalue weighted by Gasteiger charge is 2.26. The molecule has 0 rings (SSSR count). The third-order valence-electron chi connectivity index (χ3n) is 1.88. The van der Waals surface area contributed by atoms with E-state index in [0.717, 1.165) is 19.1 Å². The van der Waals surface area contributed by atoms with Crippen LogP contribution in [0.3, 0.4) is 0 Å². The van der Waals surface area contributed by atoms with Gasteiger partial charge in [0.15, 0.2) is 0 Å². The van der Waals surface area contributed by atoms with Gasteiger partial charge in [-0.25, -0.2) is 0 Å². The zero-order valence-corrected chi connectivity index (χ0v) is 8.70. The van der Waals surface area contributed by atoms with Crippen molar-refractivity contribution < 1.29 is 4.79 Å². The van der Waals surface area contributed by atoms with Gasteiger partial charge in [0.2, 0.25) is 0 Å². The summed E-state index contributed by atoms with van der Waals surface area (Å²) in [7, 11) is 0. The number of hydrogen-bond acceptors (Lipinski definition) is 2. The third kappa shape index (κ3) is 3.28. The van der Waals surface area contributed by atoms with Crippen LogP contribution in [0.15, 0.2) is 0 Å². The monoisotopic (exact) mass is 174 g/mol. The van der Waals surface area contributed by atoms with Crippen LogP contribution >= 0.6 is 11.8 Å². The summed E-state index contributed by atoms with van der Waals surface area (Å²) in [4.78, 5) is 10.8. The van der Waals surface area contributed by atoms with Gasteiger partial charge in [-0.15, -0.1) is 11.8 Å². The van der Waals surface area contributed by atoms with E-state index in [-0.39, 0.29) is 4.75 Å². The Morgan fingerprint density at radius 3 is 1.91 bits per heavy atom. The molecular formula is C9H18OS. The Morgan fingerprint density at radius 2 is 1.82 bits per heavy atom. The molecule has 0 atom stereocenters. The zero-order chi connectivity index (χ0) is 8.91. The van der Waals surface area contributed by atoms with Gasteiger partial charge in [0.05, 0.1) is 4.75 Å². The SMILES string of the molecule is CCC(C=O)(CC)SC(C)C.